The Morgan fingerprint density at radius 1 is 1.21 bits per heavy atom. The summed E-state index contributed by atoms with van der Waals surface area (Å²) >= 11 is 1.64. The Hall–Kier alpha value is -3.10. The van der Waals surface area contributed by atoms with Gasteiger partial charge in [0.05, 0.1) is 28.1 Å². The van der Waals surface area contributed by atoms with E-state index in [0.717, 1.165) is 62.6 Å². The van der Waals surface area contributed by atoms with Gasteiger partial charge < -0.3 is 15.4 Å². The zero-order valence-corrected chi connectivity index (χ0v) is 19.9. The molecule has 0 radical (unpaired) electrons. The molecule has 0 aliphatic carbocycles. The first-order valence-corrected chi connectivity index (χ1v) is 12.1. The molecule has 1 aliphatic rings. The van der Waals surface area contributed by atoms with Crippen LogP contribution >= 0.6 is 11.3 Å². The molecular formula is C25H27N5O2S. The summed E-state index contributed by atoms with van der Waals surface area (Å²) in [6.45, 7) is 7.38. The van der Waals surface area contributed by atoms with E-state index in [2.05, 4.69) is 40.5 Å². The quantitative estimate of drug-likeness (QED) is 0.416. The Labute approximate surface area is 196 Å². The molecule has 1 amide bonds. The summed E-state index contributed by atoms with van der Waals surface area (Å²) < 4.78 is 7.01. The second-order valence-corrected chi connectivity index (χ2v) is 9.95. The lowest BCUT2D eigenvalue weighted by Crippen LogP contribution is -2.32. The molecule has 5 rings (SSSR count). The van der Waals surface area contributed by atoms with Crippen LogP contribution in [0.5, 0.6) is 0 Å². The van der Waals surface area contributed by atoms with Crippen LogP contribution in [0, 0.1) is 0 Å². The summed E-state index contributed by atoms with van der Waals surface area (Å²) in [6, 6.07) is 10.1. The van der Waals surface area contributed by atoms with Crippen molar-refractivity contribution in [3.05, 3.63) is 53.5 Å². The molecule has 8 heteroatoms. The average molecular weight is 462 g/mol. The number of amides is 1. The van der Waals surface area contributed by atoms with E-state index in [1.54, 1.807) is 17.7 Å². The van der Waals surface area contributed by atoms with E-state index < -0.39 is 0 Å². The fourth-order valence-electron chi connectivity index (χ4n) is 4.04. The van der Waals surface area contributed by atoms with E-state index in [0.29, 0.717) is 13.0 Å². The number of hydrogen-bond donors (Lipinski definition) is 2. The van der Waals surface area contributed by atoms with Gasteiger partial charge >= 0.3 is 0 Å². The molecular weight excluding hydrogens is 434 g/mol. The molecule has 0 atom stereocenters. The molecule has 4 aromatic rings. The van der Waals surface area contributed by atoms with E-state index >= 15 is 0 Å². The minimum atomic E-state index is -0.184. The van der Waals surface area contributed by atoms with Gasteiger partial charge in [0.25, 0.3) is 0 Å². The van der Waals surface area contributed by atoms with Gasteiger partial charge in [-0.1, -0.05) is 19.1 Å². The molecule has 3 aromatic heterocycles. The minimum absolute atomic E-state index is 0.0205. The highest BCUT2D eigenvalue weighted by atomic mass is 32.1. The SMILES string of the molecule is CCC(=O)Nc1ccc(CCNc2ncnc3c2sc2nc4c(cc23)COC(C)(C)C4)cc1. The molecule has 170 valence electrons. The standard InChI is InChI=1S/C25H27N5O2S/c1-4-20(31)29-17-7-5-15(6-8-17)9-10-26-23-22-21(27-14-28-23)18-11-16-13-32-25(2,3)12-19(16)30-24(18)33-22/h5-8,11,14H,4,9-10,12-13H2,1-3H3,(H,29,31)(H,26,27,28). The molecule has 1 aromatic carbocycles. The van der Waals surface area contributed by atoms with Crippen LogP contribution in [0.15, 0.2) is 36.7 Å². The van der Waals surface area contributed by atoms with Gasteiger partial charge in [0, 0.05) is 36.0 Å². The number of pyridine rings is 1. The van der Waals surface area contributed by atoms with Gasteiger partial charge in [0.1, 0.15) is 17.0 Å². The number of anilines is 2. The number of ether oxygens (including phenoxy) is 1. The van der Waals surface area contributed by atoms with Crippen molar-refractivity contribution in [2.24, 2.45) is 0 Å². The van der Waals surface area contributed by atoms with Crippen LogP contribution in [0.4, 0.5) is 11.5 Å². The monoisotopic (exact) mass is 461 g/mol. The first kappa shape index (κ1) is 21.7. The van der Waals surface area contributed by atoms with Crippen LogP contribution < -0.4 is 10.6 Å². The van der Waals surface area contributed by atoms with E-state index in [1.807, 2.05) is 31.2 Å². The number of benzene rings is 1. The van der Waals surface area contributed by atoms with Crippen molar-refractivity contribution in [3.63, 3.8) is 0 Å². The number of carbonyl (C=O) groups is 1. The van der Waals surface area contributed by atoms with Crippen LogP contribution in [0.1, 0.15) is 44.0 Å². The zero-order chi connectivity index (χ0) is 23.0. The van der Waals surface area contributed by atoms with Gasteiger partial charge in [-0.3, -0.25) is 4.79 Å². The van der Waals surface area contributed by atoms with Gasteiger partial charge in [-0.2, -0.15) is 0 Å². The minimum Gasteiger partial charge on any atom is -0.370 e. The summed E-state index contributed by atoms with van der Waals surface area (Å²) in [5.74, 6) is 0.858. The van der Waals surface area contributed by atoms with Gasteiger partial charge in [0.2, 0.25) is 5.91 Å². The molecule has 33 heavy (non-hydrogen) atoms. The maximum absolute atomic E-state index is 11.5. The third kappa shape index (κ3) is 4.54. The lowest BCUT2D eigenvalue weighted by Gasteiger charge is -2.30. The average Bonchev–Trinajstić information content (AvgIpc) is 3.16. The molecule has 0 bridgehead atoms. The highest BCUT2D eigenvalue weighted by Gasteiger charge is 2.28. The fourth-order valence-corrected chi connectivity index (χ4v) is 5.14. The van der Waals surface area contributed by atoms with Crippen molar-refractivity contribution in [1.29, 1.82) is 0 Å². The van der Waals surface area contributed by atoms with Crippen molar-refractivity contribution in [3.8, 4) is 0 Å². The van der Waals surface area contributed by atoms with E-state index in [1.165, 1.54) is 5.56 Å². The number of nitrogens with one attached hydrogen (secondary N) is 2. The molecule has 0 fully saturated rings. The Balaban J connectivity index is 1.33. The van der Waals surface area contributed by atoms with Crippen LogP contribution in [0.3, 0.4) is 0 Å². The van der Waals surface area contributed by atoms with Gasteiger partial charge in [-0.25, -0.2) is 15.0 Å². The third-order valence-electron chi connectivity index (χ3n) is 5.89. The van der Waals surface area contributed by atoms with Crippen LogP contribution in [-0.4, -0.2) is 33.0 Å². The van der Waals surface area contributed by atoms with Crippen molar-refractivity contribution in [2.75, 3.05) is 17.2 Å². The molecule has 0 unspecified atom stereocenters. The molecule has 0 spiro atoms. The molecule has 7 nitrogen and oxygen atoms in total. The number of rotatable bonds is 6. The number of carbonyl (C=O) groups excluding carboxylic acids is 1. The Kier molecular flexibility index (Phi) is 5.72. The number of fused-ring (bicyclic) bond motifs is 4. The Morgan fingerprint density at radius 2 is 2.03 bits per heavy atom. The highest BCUT2D eigenvalue weighted by molar-refractivity contribution is 7.25. The highest BCUT2D eigenvalue weighted by Crippen LogP contribution is 2.37. The van der Waals surface area contributed by atoms with Crippen LogP contribution in [-0.2, 0) is 29.0 Å². The van der Waals surface area contributed by atoms with E-state index in [-0.39, 0.29) is 11.5 Å². The van der Waals surface area contributed by atoms with Crippen molar-refractivity contribution in [1.82, 2.24) is 15.0 Å². The van der Waals surface area contributed by atoms with Crippen molar-refractivity contribution >= 4 is 49.2 Å². The number of aromatic nitrogens is 3. The summed E-state index contributed by atoms with van der Waals surface area (Å²) in [7, 11) is 0. The van der Waals surface area contributed by atoms with Gasteiger partial charge in [-0.15, -0.1) is 11.3 Å². The smallest absolute Gasteiger partial charge is 0.224 e. The second kappa shape index (κ2) is 8.68. The molecule has 0 saturated heterocycles. The summed E-state index contributed by atoms with van der Waals surface area (Å²) in [6.07, 6.45) is 3.74. The van der Waals surface area contributed by atoms with Crippen molar-refractivity contribution in [2.45, 2.75) is 52.2 Å². The maximum atomic E-state index is 11.5. The zero-order valence-electron chi connectivity index (χ0n) is 19.1. The van der Waals surface area contributed by atoms with Crippen LogP contribution in [0.25, 0.3) is 20.4 Å². The number of nitrogens with zero attached hydrogens (tertiary/aromatic N) is 3. The maximum Gasteiger partial charge on any atom is 0.224 e. The van der Waals surface area contributed by atoms with Crippen LogP contribution in [0.2, 0.25) is 0 Å². The molecule has 0 saturated carbocycles. The normalized spacial score (nSPS) is 14.9. The Morgan fingerprint density at radius 3 is 2.82 bits per heavy atom. The lowest BCUT2D eigenvalue weighted by molar-refractivity contribution is -0.115. The van der Waals surface area contributed by atoms with E-state index in [4.69, 9.17) is 9.72 Å². The second-order valence-electron chi connectivity index (χ2n) is 8.95. The predicted octanol–water partition coefficient (Wildman–Crippen LogP) is 5.09. The van der Waals surface area contributed by atoms with Crippen molar-refractivity contribution < 1.29 is 9.53 Å². The van der Waals surface area contributed by atoms with E-state index in [9.17, 15) is 4.79 Å². The number of hydrogen-bond acceptors (Lipinski definition) is 7. The largest absolute Gasteiger partial charge is 0.370 e. The summed E-state index contributed by atoms with van der Waals surface area (Å²) in [5.41, 5.74) is 5.03. The third-order valence-corrected chi connectivity index (χ3v) is 6.99. The first-order valence-electron chi connectivity index (χ1n) is 11.2. The first-order chi connectivity index (χ1) is 15.9. The van der Waals surface area contributed by atoms with Gasteiger partial charge in [0.15, 0.2) is 0 Å². The lowest BCUT2D eigenvalue weighted by atomic mass is 9.95. The number of thiophene rings is 1. The topological polar surface area (TPSA) is 89.0 Å². The predicted molar refractivity (Wildman–Crippen MR) is 133 cm³/mol. The van der Waals surface area contributed by atoms with Gasteiger partial charge in [-0.05, 0) is 44.0 Å². The Bertz CT molecular complexity index is 1330. The fraction of sp³-hybridized carbons (Fsp3) is 0.360. The summed E-state index contributed by atoms with van der Waals surface area (Å²) in [5, 5.41) is 7.41. The molecule has 1 aliphatic heterocycles. The summed E-state index contributed by atoms with van der Waals surface area (Å²) in [4.78, 5) is 26.5. The molecule has 4 heterocycles. The molecule has 2 N–H and O–H groups in total.